The summed E-state index contributed by atoms with van der Waals surface area (Å²) in [7, 11) is 0. The molecule has 1 saturated heterocycles. The number of piperidine rings is 1. The molecule has 1 aliphatic heterocycles. The van der Waals surface area contributed by atoms with Crippen LogP contribution in [0.3, 0.4) is 0 Å². The Morgan fingerprint density at radius 3 is 2.76 bits per heavy atom. The van der Waals surface area contributed by atoms with E-state index in [1.165, 1.54) is 0 Å². The number of hydrogen-bond donors (Lipinski definition) is 2. The van der Waals surface area contributed by atoms with Gasteiger partial charge in [-0.1, -0.05) is 0 Å². The standard InChI is InChI=1S/C15H21N5O/c1-9(2)20-15-12(8-18-20)11(14(16)21)7-13(19-15)10-3-5-17-6-4-10/h7-10,17H,3-6H2,1-2H3,(H2,16,21). The molecule has 0 radical (unpaired) electrons. The van der Waals surface area contributed by atoms with Crippen molar-refractivity contribution in [2.75, 3.05) is 13.1 Å². The Balaban J connectivity index is 2.16. The van der Waals surface area contributed by atoms with E-state index in [0.29, 0.717) is 11.5 Å². The normalized spacial score (nSPS) is 16.7. The summed E-state index contributed by atoms with van der Waals surface area (Å²) < 4.78 is 1.85. The second kappa shape index (κ2) is 5.44. The smallest absolute Gasteiger partial charge is 0.249 e. The van der Waals surface area contributed by atoms with Crippen LogP contribution in [0.15, 0.2) is 12.3 Å². The van der Waals surface area contributed by atoms with Crippen LogP contribution in [0.25, 0.3) is 11.0 Å². The highest BCUT2D eigenvalue weighted by molar-refractivity contribution is 6.04. The number of nitrogens with two attached hydrogens (primary N) is 1. The molecule has 21 heavy (non-hydrogen) atoms. The highest BCUT2D eigenvalue weighted by Gasteiger charge is 2.21. The number of pyridine rings is 1. The Kier molecular flexibility index (Phi) is 3.63. The van der Waals surface area contributed by atoms with Crippen molar-refractivity contribution < 1.29 is 4.79 Å². The van der Waals surface area contributed by atoms with Crippen molar-refractivity contribution in [2.45, 2.75) is 38.6 Å². The number of primary amides is 1. The van der Waals surface area contributed by atoms with Crippen LogP contribution in [0.2, 0.25) is 0 Å². The molecule has 3 heterocycles. The van der Waals surface area contributed by atoms with E-state index in [1.807, 2.05) is 10.7 Å². The minimum atomic E-state index is -0.416. The van der Waals surface area contributed by atoms with Crippen LogP contribution in [0.5, 0.6) is 0 Å². The fourth-order valence-corrected chi connectivity index (χ4v) is 2.95. The summed E-state index contributed by atoms with van der Waals surface area (Å²) in [5.74, 6) is -0.0369. The van der Waals surface area contributed by atoms with Crippen LogP contribution in [-0.2, 0) is 0 Å². The number of fused-ring (bicyclic) bond motifs is 1. The van der Waals surface area contributed by atoms with E-state index in [2.05, 4.69) is 24.3 Å². The SMILES string of the molecule is CC(C)n1ncc2c(C(N)=O)cc(C3CCNCC3)nc21. The van der Waals surface area contributed by atoms with E-state index in [9.17, 15) is 4.79 Å². The van der Waals surface area contributed by atoms with Crippen LogP contribution >= 0.6 is 0 Å². The molecule has 2 aromatic rings. The molecule has 0 spiro atoms. The molecule has 3 rings (SSSR count). The molecule has 112 valence electrons. The summed E-state index contributed by atoms with van der Waals surface area (Å²) in [6.07, 6.45) is 3.76. The number of nitrogens with one attached hydrogen (secondary N) is 1. The molecule has 0 aromatic carbocycles. The molecule has 6 nitrogen and oxygen atoms in total. The second-order valence-electron chi connectivity index (χ2n) is 5.90. The summed E-state index contributed by atoms with van der Waals surface area (Å²) in [6, 6.07) is 2.05. The van der Waals surface area contributed by atoms with E-state index < -0.39 is 5.91 Å². The lowest BCUT2D eigenvalue weighted by molar-refractivity contribution is 0.100. The minimum absolute atomic E-state index is 0.194. The number of rotatable bonds is 3. The maximum atomic E-state index is 11.8. The second-order valence-corrected chi connectivity index (χ2v) is 5.90. The monoisotopic (exact) mass is 287 g/mol. The van der Waals surface area contributed by atoms with Crippen molar-refractivity contribution in [3.63, 3.8) is 0 Å². The van der Waals surface area contributed by atoms with Gasteiger partial charge in [0.2, 0.25) is 5.91 Å². The molecule has 0 unspecified atom stereocenters. The quantitative estimate of drug-likeness (QED) is 0.897. The lowest BCUT2D eigenvalue weighted by Crippen LogP contribution is -2.27. The third kappa shape index (κ3) is 2.51. The lowest BCUT2D eigenvalue weighted by Gasteiger charge is -2.22. The van der Waals surface area contributed by atoms with Gasteiger partial charge in [0.25, 0.3) is 0 Å². The van der Waals surface area contributed by atoms with Crippen molar-refractivity contribution in [1.29, 1.82) is 0 Å². The molecule has 3 N–H and O–H groups in total. The van der Waals surface area contributed by atoms with Crippen molar-refractivity contribution in [3.8, 4) is 0 Å². The number of carbonyl (C=O) groups is 1. The zero-order valence-electron chi connectivity index (χ0n) is 12.5. The topological polar surface area (TPSA) is 85.8 Å². The average Bonchev–Trinajstić information content (AvgIpc) is 2.90. The summed E-state index contributed by atoms with van der Waals surface area (Å²) in [4.78, 5) is 16.6. The van der Waals surface area contributed by atoms with E-state index in [1.54, 1.807) is 6.20 Å². The Morgan fingerprint density at radius 2 is 2.14 bits per heavy atom. The van der Waals surface area contributed by atoms with E-state index >= 15 is 0 Å². The molecule has 1 fully saturated rings. The molecule has 6 heteroatoms. The number of carbonyl (C=O) groups excluding carboxylic acids is 1. The number of nitrogens with zero attached hydrogens (tertiary/aromatic N) is 3. The molecule has 0 saturated carbocycles. The predicted octanol–water partition coefficient (Wildman–Crippen LogP) is 1.58. The first-order chi connectivity index (χ1) is 10.1. The van der Waals surface area contributed by atoms with E-state index in [-0.39, 0.29) is 6.04 Å². The lowest BCUT2D eigenvalue weighted by atomic mass is 9.93. The van der Waals surface area contributed by atoms with Crippen LogP contribution in [0.1, 0.15) is 54.7 Å². The van der Waals surface area contributed by atoms with Crippen molar-refractivity contribution in [3.05, 3.63) is 23.5 Å². The first kappa shape index (κ1) is 14.0. The van der Waals surface area contributed by atoms with Gasteiger partial charge in [-0.05, 0) is 45.8 Å². The Morgan fingerprint density at radius 1 is 1.43 bits per heavy atom. The highest BCUT2D eigenvalue weighted by Crippen LogP contribution is 2.28. The highest BCUT2D eigenvalue weighted by atomic mass is 16.1. The van der Waals surface area contributed by atoms with Gasteiger partial charge in [-0.25, -0.2) is 9.67 Å². The van der Waals surface area contributed by atoms with Crippen LogP contribution in [0, 0.1) is 0 Å². The van der Waals surface area contributed by atoms with Crippen molar-refractivity contribution in [2.24, 2.45) is 5.73 Å². The van der Waals surface area contributed by atoms with Gasteiger partial charge in [-0.2, -0.15) is 5.10 Å². The fraction of sp³-hybridized carbons (Fsp3) is 0.533. The van der Waals surface area contributed by atoms with Gasteiger partial charge in [0.1, 0.15) is 0 Å². The minimum Gasteiger partial charge on any atom is -0.366 e. The Hall–Kier alpha value is -1.95. The predicted molar refractivity (Wildman–Crippen MR) is 81.3 cm³/mol. The third-order valence-electron chi connectivity index (χ3n) is 4.10. The zero-order chi connectivity index (χ0) is 15.0. The largest absolute Gasteiger partial charge is 0.366 e. The summed E-state index contributed by atoms with van der Waals surface area (Å²) in [5, 5.41) is 8.45. The molecule has 1 amide bonds. The van der Waals surface area contributed by atoms with Gasteiger partial charge in [-0.15, -0.1) is 0 Å². The van der Waals surface area contributed by atoms with Gasteiger partial charge in [0, 0.05) is 17.7 Å². The van der Waals surface area contributed by atoms with Gasteiger partial charge < -0.3 is 11.1 Å². The molecule has 2 aromatic heterocycles. The average molecular weight is 287 g/mol. The number of hydrogen-bond acceptors (Lipinski definition) is 4. The molecule has 1 aliphatic rings. The molecule has 0 aliphatic carbocycles. The van der Waals surface area contributed by atoms with Gasteiger partial charge in [-0.3, -0.25) is 4.79 Å². The van der Waals surface area contributed by atoms with Gasteiger partial charge in [0.05, 0.1) is 17.1 Å². The molecular formula is C15H21N5O. The molecule has 0 bridgehead atoms. The van der Waals surface area contributed by atoms with Crippen molar-refractivity contribution >= 4 is 16.9 Å². The van der Waals surface area contributed by atoms with Crippen LogP contribution in [-0.4, -0.2) is 33.8 Å². The Bertz CT molecular complexity index is 670. The van der Waals surface area contributed by atoms with E-state index in [4.69, 9.17) is 10.7 Å². The van der Waals surface area contributed by atoms with Gasteiger partial charge in [0.15, 0.2) is 5.65 Å². The maximum absolute atomic E-state index is 11.8. The summed E-state index contributed by atoms with van der Waals surface area (Å²) >= 11 is 0. The number of amides is 1. The van der Waals surface area contributed by atoms with Crippen LogP contribution < -0.4 is 11.1 Å². The van der Waals surface area contributed by atoms with Gasteiger partial charge >= 0.3 is 0 Å². The summed E-state index contributed by atoms with van der Waals surface area (Å²) in [5.41, 5.74) is 7.79. The number of aromatic nitrogens is 3. The Labute approximate surface area is 123 Å². The van der Waals surface area contributed by atoms with E-state index in [0.717, 1.165) is 42.7 Å². The molecular weight excluding hydrogens is 266 g/mol. The zero-order valence-corrected chi connectivity index (χ0v) is 12.5. The first-order valence-electron chi connectivity index (χ1n) is 7.46. The molecule has 0 atom stereocenters. The first-order valence-corrected chi connectivity index (χ1v) is 7.46. The third-order valence-corrected chi connectivity index (χ3v) is 4.10. The van der Waals surface area contributed by atoms with Crippen LogP contribution in [0.4, 0.5) is 0 Å². The van der Waals surface area contributed by atoms with Crippen molar-refractivity contribution in [1.82, 2.24) is 20.1 Å². The summed E-state index contributed by atoms with van der Waals surface area (Å²) in [6.45, 7) is 6.07. The maximum Gasteiger partial charge on any atom is 0.249 e. The fourth-order valence-electron chi connectivity index (χ4n) is 2.95.